The molecule has 0 saturated carbocycles. The van der Waals surface area contributed by atoms with Crippen LogP contribution in [-0.2, 0) is 18.4 Å². The van der Waals surface area contributed by atoms with Crippen LogP contribution in [0.1, 0.15) is 15.9 Å². The highest BCUT2D eigenvalue weighted by Gasteiger charge is 2.33. The fourth-order valence-electron chi connectivity index (χ4n) is 4.52. The van der Waals surface area contributed by atoms with Crippen molar-refractivity contribution < 1.29 is 19.4 Å². The first-order valence-electron chi connectivity index (χ1n) is 12.4. The molecular weight excluding hydrogens is 571 g/mol. The van der Waals surface area contributed by atoms with Gasteiger partial charge in [-0.1, -0.05) is 47.5 Å². The van der Waals surface area contributed by atoms with Gasteiger partial charge in [-0.05, 0) is 18.2 Å². The van der Waals surface area contributed by atoms with Gasteiger partial charge < -0.3 is 15.2 Å². The molecule has 1 saturated heterocycles. The van der Waals surface area contributed by atoms with Gasteiger partial charge >= 0.3 is 5.97 Å². The number of anilines is 1. The Hall–Kier alpha value is -4.32. The van der Waals surface area contributed by atoms with E-state index in [1.165, 1.54) is 26.4 Å². The summed E-state index contributed by atoms with van der Waals surface area (Å²) in [5.74, 6) is -1.10. The van der Waals surface area contributed by atoms with Crippen LogP contribution in [0.15, 0.2) is 59.7 Å². The number of aromatic nitrogens is 4. The van der Waals surface area contributed by atoms with Gasteiger partial charge in [-0.3, -0.25) is 19.3 Å². The molecule has 41 heavy (non-hydrogen) atoms. The van der Waals surface area contributed by atoms with Crippen LogP contribution in [0.2, 0.25) is 10.0 Å². The van der Waals surface area contributed by atoms with Gasteiger partial charge in [0, 0.05) is 61.3 Å². The Kier molecular flexibility index (Phi) is 8.02. The first-order chi connectivity index (χ1) is 19.7. The van der Waals surface area contributed by atoms with E-state index >= 15 is 0 Å². The highest BCUT2D eigenvalue weighted by Crippen LogP contribution is 2.41. The maximum Gasteiger partial charge on any atom is 0.309 e. The summed E-state index contributed by atoms with van der Waals surface area (Å²) in [6.07, 6.45) is 3.01. The molecule has 210 valence electrons. The minimum atomic E-state index is -0.804. The quantitative estimate of drug-likeness (QED) is 0.310. The van der Waals surface area contributed by atoms with Crippen LogP contribution < -0.4 is 15.6 Å². The van der Waals surface area contributed by atoms with Crippen LogP contribution in [0.5, 0.6) is 5.88 Å². The van der Waals surface area contributed by atoms with E-state index in [9.17, 15) is 14.4 Å². The summed E-state index contributed by atoms with van der Waals surface area (Å²) in [6, 6.07) is 11.8. The van der Waals surface area contributed by atoms with Crippen LogP contribution >= 0.6 is 23.2 Å². The molecule has 11 nitrogen and oxygen atoms in total. The van der Waals surface area contributed by atoms with Crippen LogP contribution in [0.25, 0.3) is 22.5 Å². The number of nitrogens with zero attached hydrogens (tertiary/aromatic N) is 5. The molecule has 1 amide bonds. The number of amides is 1. The zero-order valence-corrected chi connectivity index (χ0v) is 23.5. The van der Waals surface area contributed by atoms with Crippen LogP contribution in [-0.4, -0.2) is 61.8 Å². The molecule has 2 aromatic carbocycles. The maximum absolute atomic E-state index is 12.8. The number of carboxylic acid groups (broad SMARTS) is 1. The predicted molar refractivity (Wildman–Crippen MR) is 153 cm³/mol. The predicted octanol–water partition coefficient (Wildman–Crippen LogP) is 3.99. The van der Waals surface area contributed by atoms with Crippen molar-refractivity contribution in [2.75, 3.05) is 25.5 Å². The third-order valence-corrected chi connectivity index (χ3v) is 7.56. The van der Waals surface area contributed by atoms with E-state index in [1.807, 2.05) is 4.90 Å². The number of carbonyl (C=O) groups excluding carboxylic acids is 1. The van der Waals surface area contributed by atoms with Gasteiger partial charge in [0.05, 0.1) is 28.8 Å². The zero-order chi connectivity index (χ0) is 29.3. The molecule has 0 spiro atoms. The molecule has 1 aliphatic rings. The molecule has 4 aromatic rings. The second-order valence-corrected chi connectivity index (χ2v) is 10.2. The average Bonchev–Trinajstić information content (AvgIpc) is 2.93. The van der Waals surface area contributed by atoms with E-state index < -0.39 is 17.4 Å². The molecular formula is C28H24Cl2N6O5. The summed E-state index contributed by atoms with van der Waals surface area (Å²) in [4.78, 5) is 47.3. The van der Waals surface area contributed by atoms with Gasteiger partial charge in [-0.15, -0.1) is 0 Å². The minimum absolute atomic E-state index is 0.0747. The van der Waals surface area contributed by atoms with Crippen molar-refractivity contribution >= 4 is 40.8 Å². The molecule has 1 fully saturated rings. The third kappa shape index (κ3) is 5.64. The van der Waals surface area contributed by atoms with Crippen molar-refractivity contribution in [2.45, 2.75) is 6.54 Å². The lowest BCUT2D eigenvalue weighted by atomic mass is 10.00. The van der Waals surface area contributed by atoms with Crippen LogP contribution in [0.3, 0.4) is 0 Å². The molecule has 0 aliphatic carbocycles. The number of likely N-dealkylation sites (tertiary alicyclic amines) is 1. The van der Waals surface area contributed by atoms with Gasteiger partial charge in [0.15, 0.2) is 5.82 Å². The summed E-state index contributed by atoms with van der Waals surface area (Å²) in [5, 5.41) is 16.2. The molecule has 0 radical (unpaired) electrons. The van der Waals surface area contributed by atoms with E-state index in [-0.39, 0.29) is 16.5 Å². The molecule has 2 N–H and O–H groups in total. The average molecular weight is 595 g/mol. The normalized spacial score (nSPS) is 13.5. The number of aryl methyl sites for hydroxylation is 1. The molecule has 5 rings (SSSR count). The molecule has 2 aromatic heterocycles. The standard InChI is InChI=1S/C28H24Cl2N6O5/c1-35-27(38)20(9-10-32-35)25(37)33-21-8-4-6-18(23(21)30)17-5-3-7-19(22(17)29)24-31-11-15(26(34-24)41-2)12-36-13-16(14-36)28(39)40/h3-11,16H,12-14H2,1-2H3,(H,33,37)(H,39,40). The molecule has 0 atom stereocenters. The lowest BCUT2D eigenvalue weighted by Crippen LogP contribution is -2.49. The second-order valence-electron chi connectivity index (χ2n) is 9.42. The number of rotatable bonds is 8. The van der Waals surface area contributed by atoms with E-state index in [0.29, 0.717) is 58.7 Å². The van der Waals surface area contributed by atoms with Crippen LogP contribution in [0.4, 0.5) is 5.69 Å². The summed E-state index contributed by atoms with van der Waals surface area (Å²) < 4.78 is 6.57. The monoisotopic (exact) mass is 594 g/mol. The highest BCUT2D eigenvalue weighted by molar-refractivity contribution is 6.39. The Bertz CT molecular complexity index is 1720. The topological polar surface area (TPSA) is 140 Å². The summed E-state index contributed by atoms with van der Waals surface area (Å²) in [7, 11) is 2.96. The Morgan fingerprint density at radius 1 is 1.07 bits per heavy atom. The van der Waals surface area contributed by atoms with E-state index in [1.54, 1.807) is 42.6 Å². The molecule has 0 unspecified atom stereocenters. The van der Waals surface area contributed by atoms with Crippen molar-refractivity contribution in [2.24, 2.45) is 13.0 Å². The molecule has 13 heteroatoms. The van der Waals surface area contributed by atoms with Gasteiger partial charge in [-0.2, -0.15) is 10.1 Å². The molecule has 0 bridgehead atoms. The van der Waals surface area contributed by atoms with E-state index in [0.717, 1.165) is 10.2 Å². The molecule has 3 heterocycles. The number of hydrogen-bond donors (Lipinski definition) is 2. The first-order valence-corrected chi connectivity index (χ1v) is 13.2. The number of benzene rings is 2. The Balaban J connectivity index is 1.42. The third-order valence-electron chi connectivity index (χ3n) is 6.75. The van der Waals surface area contributed by atoms with Gasteiger partial charge in [0.1, 0.15) is 5.56 Å². The number of ether oxygens (including phenoxy) is 1. The Labute approximate surface area is 244 Å². The minimum Gasteiger partial charge on any atom is -0.481 e. The number of aliphatic carboxylic acids is 1. The summed E-state index contributed by atoms with van der Waals surface area (Å²) >= 11 is 13.6. The lowest BCUT2D eigenvalue weighted by molar-refractivity contribution is -0.147. The number of methoxy groups -OCH3 is 1. The van der Waals surface area contributed by atoms with Crippen molar-refractivity contribution in [3.8, 4) is 28.4 Å². The van der Waals surface area contributed by atoms with E-state index in [4.69, 9.17) is 33.0 Å². The summed E-state index contributed by atoms with van der Waals surface area (Å²) in [6.45, 7) is 1.36. The number of hydrogen-bond acceptors (Lipinski definition) is 8. The van der Waals surface area contributed by atoms with Crippen molar-refractivity contribution in [1.29, 1.82) is 0 Å². The van der Waals surface area contributed by atoms with Gasteiger partial charge in [0.2, 0.25) is 5.88 Å². The van der Waals surface area contributed by atoms with Crippen molar-refractivity contribution in [3.63, 3.8) is 0 Å². The second kappa shape index (κ2) is 11.7. The van der Waals surface area contributed by atoms with Gasteiger partial charge in [-0.25, -0.2) is 9.67 Å². The van der Waals surface area contributed by atoms with E-state index in [2.05, 4.69) is 20.4 Å². The largest absolute Gasteiger partial charge is 0.481 e. The zero-order valence-electron chi connectivity index (χ0n) is 22.0. The summed E-state index contributed by atoms with van der Waals surface area (Å²) in [5.41, 5.74) is 2.08. The first kappa shape index (κ1) is 28.2. The van der Waals surface area contributed by atoms with Crippen LogP contribution in [0, 0.1) is 5.92 Å². The van der Waals surface area contributed by atoms with Gasteiger partial charge in [0.25, 0.3) is 11.5 Å². The fraction of sp³-hybridized carbons (Fsp3) is 0.214. The lowest BCUT2D eigenvalue weighted by Gasteiger charge is -2.36. The number of halogens is 2. The molecule has 1 aliphatic heterocycles. The smallest absolute Gasteiger partial charge is 0.309 e. The SMILES string of the molecule is COc1nc(-c2cccc(-c3cccc(NC(=O)c4ccnn(C)c4=O)c3Cl)c2Cl)ncc1CN1CC(C(=O)O)C1. The Morgan fingerprint density at radius 3 is 2.46 bits per heavy atom. The number of nitrogens with one attached hydrogen (secondary N) is 1. The van der Waals surface area contributed by atoms with Crippen molar-refractivity contribution in [1.82, 2.24) is 24.6 Å². The number of carboxylic acids is 1. The maximum atomic E-state index is 12.8. The number of carbonyl (C=O) groups is 2. The fourth-order valence-corrected chi connectivity index (χ4v) is 5.11. The van der Waals surface area contributed by atoms with Crippen molar-refractivity contribution in [3.05, 3.63) is 86.4 Å². The Morgan fingerprint density at radius 2 is 1.76 bits per heavy atom. The highest BCUT2D eigenvalue weighted by atomic mass is 35.5.